The molecule has 0 aromatic heterocycles. The largest absolute Gasteiger partial charge is 0.441 e. The minimum atomic E-state index is -0.568. The van der Waals surface area contributed by atoms with Gasteiger partial charge in [0.25, 0.3) is 0 Å². The highest BCUT2D eigenvalue weighted by atomic mass is 35.5. The van der Waals surface area contributed by atoms with Gasteiger partial charge in [0.15, 0.2) is 0 Å². The summed E-state index contributed by atoms with van der Waals surface area (Å²) in [6, 6.07) is 7.28. The van der Waals surface area contributed by atoms with Crippen molar-refractivity contribution in [2.45, 2.75) is 40.7 Å². The lowest BCUT2D eigenvalue weighted by molar-refractivity contribution is 0.110. The summed E-state index contributed by atoms with van der Waals surface area (Å²) in [5.74, 6) is 0. The van der Waals surface area contributed by atoms with Crippen molar-refractivity contribution in [1.82, 2.24) is 5.32 Å². The van der Waals surface area contributed by atoms with Crippen LogP contribution in [0.25, 0.3) is 0 Å². The number of nitrogens with one attached hydrogen (secondary N) is 1. The van der Waals surface area contributed by atoms with Gasteiger partial charge in [-0.05, 0) is 57.4 Å². The second kappa shape index (κ2) is 10.6. The van der Waals surface area contributed by atoms with Gasteiger partial charge in [0.2, 0.25) is 0 Å². The molecule has 0 fully saturated rings. The van der Waals surface area contributed by atoms with Crippen molar-refractivity contribution in [2.24, 2.45) is 0 Å². The molecule has 0 heterocycles. The summed E-state index contributed by atoms with van der Waals surface area (Å²) in [4.78, 5) is 12.4. The van der Waals surface area contributed by atoms with Crippen molar-refractivity contribution in [1.29, 1.82) is 0 Å². The Labute approximate surface area is 167 Å². The highest BCUT2D eigenvalue weighted by Gasteiger charge is 2.16. The molecule has 0 radical (unpaired) electrons. The predicted octanol–water partition coefficient (Wildman–Crippen LogP) is 7.06. The van der Waals surface area contributed by atoms with Crippen LogP contribution in [0.3, 0.4) is 0 Å². The highest BCUT2D eigenvalue weighted by molar-refractivity contribution is 6.31. The van der Waals surface area contributed by atoms with E-state index in [4.69, 9.17) is 16.3 Å². The van der Waals surface area contributed by atoms with E-state index in [1.54, 1.807) is 13.0 Å². The Kier molecular flexibility index (Phi) is 8.83. The molecule has 4 heteroatoms. The van der Waals surface area contributed by atoms with Gasteiger partial charge in [-0.25, -0.2) is 4.79 Å². The summed E-state index contributed by atoms with van der Waals surface area (Å²) in [6.45, 7) is 17.5. The lowest BCUT2D eigenvalue weighted by Gasteiger charge is -2.18. The molecule has 27 heavy (non-hydrogen) atoms. The normalized spacial score (nSPS) is 13.8. The average Bonchev–Trinajstić information content (AvgIpc) is 2.63. The Morgan fingerprint density at radius 3 is 2.37 bits per heavy atom. The van der Waals surface area contributed by atoms with Crippen LogP contribution in [0.4, 0.5) is 4.79 Å². The van der Waals surface area contributed by atoms with Crippen molar-refractivity contribution in [3.63, 3.8) is 0 Å². The summed E-state index contributed by atoms with van der Waals surface area (Å²) < 4.78 is 5.48. The van der Waals surface area contributed by atoms with E-state index < -0.39 is 12.2 Å². The molecule has 1 atom stereocenters. The van der Waals surface area contributed by atoms with Gasteiger partial charge in [0, 0.05) is 16.3 Å². The molecule has 0 aliphatic carbocycles. The molecule has 3 nitrogen and oxygen atoms in total. The minimum Gasteiger partial charge on any atom is -0.441 e. The molecule has 0 bridgehead atoms. The van der Waals surface area contributed by atoms with Crippen LogP contribution in [0.2, 0.25) is 5.02 Å². The molecule has 1 amide bonds. The molecule has 0 spiro atoms. The number of halogens is 1. The standard InChI is InChI=1S/C23H28ClNO2/c1-8-16(4)13-14-17(5)18(6)22(15(2)3)25-23(26)27-19(7)20-11-9-10-12-21(20)24/h8-14,19H,2,5H2,1,3-4,6-7H3,(H,25,26)/b14-13-,16-8-,22-18-. The topological polar surface area (TPSA) is 38.3 Å². The number of ether oxygens (including phenoxy) is 1. The third-order valence-corrected chi connectivity index (χ3v) is 4.48. The number of amides is 1. The maximum absolute atomic E-state index is 12.4. The van der Waals surface area contributed by atoms with Gasteiger partial charge in [0.1, 0.15) is 6.10 Å². The summed E-state index contributed by atoms with van der Waals surface area (Å²) in [5, 5.41) is 3.34. The summed E-state index contributed by atoms with van der Waals surface area (Å²) in [5.41, 5.74) is 4.80. The van der Waals surface area contributed by atoms with Crippen LogP contribution < -0.4 is 5.32 Å². The second-order valence-electron chi connectivity index (χ2n) is 6.37. The van der Waals surface area contributed by atoms with E-state index in [1.165, 1.54) is 0 Å². The first-order valence-electron chi connectivity index (χ1n) is 8.76. The van der Waals surface area contributed by atoms with Gasteiger partial charge in [-0.3, -0.25) is 5.32 Å². The fraction of sp³-hybridized carbons (Fsp3) is 0.261. The van der Waals surface area contributed by atoms with Crippen molar-refractivity contribution in [3.8, 4) is 0 Å². The summed E-state index contributed by atoms with van der Waals surface area (Å²) in [6.07, 6.45) is 4.84. The molecule has 0 saturated carbocycles. The SMILES string of the molecule is C=C(/C=C\C(C)=C/C)/C(C)=C(\NC(=O)OC(C)c1ccccc1Cl)C(=C)C. The van der Waals surface area contributed by atoms with E-state index in [0.717, 1.165) is 22.3 Å². The van der Waals surface area contributed by atoms with Crippen molar-refractivity contribution in [2.75, 3.05) is 0 Å². The Morgan fingerprint density at radius 2 is 1.81 bits per heavy atom. The Bertz CT molecular complexity index is 815. The minimum absolute atomic E-state index is 0.481. The van der Waals surface area contributed by atoms with E-state index >= 15 is 0 Å². The number of benzene rings is 1. The molecule has 0 aliphatic rings. The first-order chi connectivity index (χ1) is 12.7. The van der Waals surface area contributed by atoms with Crippen LogP contribution in [0.15, 0.2) is 83.6 Å². The van der Waals surface area contributed by atoms with Crippen molar-refractivity contribution in [3.05, 3.63) is 94.2 Å². The zero-order valence-corrected chi connectivity index (χ0v) is 17.5. The maximum Gasteiger partial charge on any atom is 0.412 e. The molecule has 1 N–H and O–H groups in total. The first kappa shape index (κ1) is 22.5. The van der Waals surface area contributed by atoms with E-state index in [9.17, 15) is 4.79 Å². The second-order valence-corrected chi connectivity index (χ2v) is 6.77. The van der Waals surface area contributed by atoms with Gasteiger partial charge in [-0.15, -0.1) is 0 Å². The third-order valence-electron chi connectivity index (χ3n) is 4.14. The predicted molar refractivity (Wildman–Crippen MR) is 115 cm³/mol. The van der Waals surface area contributed by atoms with E-state index in [1.807, 2.05) is 64.1 Å². The maximum atomic E-state index is 12.4. The number of hydrogen-bond donors (Lipinski definition) is 1. The van der Waals surface area contributed by atoms with Gasteiger partial charge in [-0.2, -0.15) is 0 Å². The molecule has 1 aromatic carbocycles. The highest BCUT2D eigenvalue weighted by Crippen LogP contribution is 2.25. The van der Waals surface area contributed by atoms with Crippen LogP contribution in [-0.4, -0.2) is 6.09 Å². The molecule has 0 saturated heterocycles. The molecule has 144 valence electrons. The lowest BCUT2D eigenvalue weighted by atomic mass is 10.0. The Balaban J connectivity index is 2.94. The number of carbonyl (C=O) groups excluding carboxylic acids is 1. The Hall–Kier alpha value is -2.52. The lowest BCUT2D eigenvalue weighted by Crippen LogP contribution is -2.26. The van der Waals surface area contributed by atoms with Gasteiger partial charge < -0.3 is 4.74 Å². The molecule has 1 unspecified atom stereocenters. The average molecular weight is 386 g/mol. The van der Waals surface area contributed by atoms with E-state index in [2.05, 4.69) is 18.5 Å². The smallest absolute Gasteiger partial charge is 0.412 e. The first-order valence-corrected chi connectivity index (χ1v) is 9.14. The zero-order valence-electron chi connectivity index (χ0n) is 16.7. The van der Waals surface area contributed by atoms with Crippen molar-refractivity contribution < 1.29 is 9.53 Å². The summed E-state index contributed by atoms with van der Waals surface area (Å²) >= 11 is 6.16. The number of allylic oxidation sites excluding steroid dienone is 7. The molecular formula is C23H28ClNO2. The molecule has 1 aromatic rings. The fourth-order valence-corrected chi connectivity index (χ4v) is 2.58. The molecule has 0 aliphatic heterocycles. The van der Waals surface area contributed by atoms with Crippen LogP contribution in [-0.2, 0) is 4.74 Å². The van der Waals surface area contributed by atoms with Crippen molar-refractivity contribution >= 4 is 17.7 Å². The fourth-order valence-electron chi connectivity index (χ4n) is 2.29. The zero-order chi connectivity index (χ0) is 20.6. The van der Waals surface area contributed by atoms with Gasteiger partial charge in [-0.1, -0.05) is 66.8 Å². The van der Waals surface area contributed by atoms with Gasteiger partial charge in [0.05, 0.1) is 0 Å². The quantitative estimate of drug-likeness (QED) is 0.510. The summed E-state index contributed by atoms with van der Waals surface area (Å²) in [7, 11) is 0. The third kappa shape index (κ3) is 6.95. The Morgan fingerprint density at radius 1 is 1.19 bits per heavy atom. The van der Waals surface area contributed by atoms with Gasteiger partial charge >= 0.3 is 6.09 Å². The monoisotopic (exact) mass is 385 g/mol. The van der Waals surface area contributed by atoms with Crippen LogP contribution >= 0.6 is 11.6 Å². The number of alkyl carbamates (subject to hydrolysis) is 1. The van der Waals surface area contributed by atoms with E-state index in [-0.39, 0.29) is 0 Å². The number of hydrogen-bond acceptors (Lipinski definition) is 2. The number of rotatable bonds is 7. The molecule has 1 rings (SSSR count). The van der Waals surface area contributed by atoms with Crippen LogP contribution in [0, 0.1) is 0 Å². The van der Waals surface area contributed by atoms with E-state index in [0.29, 0.717) is 16.3 Å². The molecular weight excluding hydrogens is 358 g/mol. The van der Waals surface area contributed by atoms with Crippen LogP contribution in [0.5, 0.6) is 0 Å². The number of carbonyl (C=O) groups is 1. The van der Waals surface area contributed by atoms with Crippen LogP contribution in [0.1, 0.15) is 46.3 Å².